The van der Waals surface area contributed by atoms with Gasteiger partial charge >= 0.3 is 6.18 Å². The molecule has 0 radical (unpaired) electrons. The molecule has 1 saturated heterocycles. The van der Waals surface area contributed by atoms with Gasteiger partial charge in [-0.1, -0.05) is 48.0 Å². The van der Waals surface area contributed by atoms with Crippen LogP contribution < -0.4 is 4.74 Å². The zero-order chi connectivity index (χ0) is 26.4. The number of para-hydroxylation sites is 1. The van der Waals surface area contributed by atoms with Gasteiger partial charge in [-0.15, -0.1) is 0 Å². The fourth-order valence-corrected chi connectivity index (χ4v) is 4.40. The summed E-state index contributed by atoms with van der Waals surface area (Å²) in [5.74, 6) is 0.485. The van der Waals surface area contributed by atoms with Crippen molar-refractivity contribution in [3.8, 4) is 5.75 Å². The first-order valence-electron chi connectivity index (χ1n) is 11.9. The number of halogens is 4. The summed E-state index contributed by atoms with van der Waals surface area (Å²) in [6, 6.07) is 19.5. The van der Waals surface area contributed by atoms with Crippen LogP contribution in [0.5, 0.6) is 5.75 Å². The lowest BCUT2D eigenvalue weighted by Gasteiger charge is -2.36. The summed E-state index contributed by atoms with van der Waals surface area (Å²) >= 11 is 6.06. The molecule has 1 atom stereocenters. The zero-order valence-corrected chi connectivity index (χ0v) is 21.1. The van der Waals surface area contributed by atoms with E-state index in [1.165, 1.54) is 12.1 Å². The SMILES string of the molecule is COc1ccccc1C(=O)N1CCN(CC(OCc2ccc(C(F)(F)F)cc2)c2ccc(Cl)cc2)CC1. The highest BCUT2D eigenvalue weighted by Gasteiger charge is 2.30. The maximum atomic E-state index is 13.0. The smallest absolute Gasteiger partial charge is 0.416 e. The number of nitrogens with zero attached hydrogens (tertiary/aromatic N) is 2. The molecule has 4 rings (SSSR count). The van der Waals surface area contributed by atoms with E-state index in [-0.39, 0.29) is 18.6 Å². The fourth-order valence-electron chi connectivity index (χ4n) is 4.28. The van der Waals surface area contributed by atoms with Gasteiger partial charge in [-0.2, -0.15) is 13.2 Å². The van der Waals surface area contributed by atoms with Gasteiger partial charge in [0.1, 0.15) is 5.75 Å². The normalized spacial score (nSPS) is 15.4. The number of amides is 1. The second-order valence-electron chi connectivity index (χ2n) is 8.84. The van der Waals surface area contributed by atoms with Crippen LogP contribution in [-0.4, -0.2) is 55.5 Å². The Hall–Kier alpha value is -3.07. The molecule has 3 aromatic rings. The van der Waals surface area contributed by atoms with Crippen LogP contribution in [0.3, 0.4) is 0 Å². The predicted octanol–water partition coefficient (Wildman–Crippen LogP) is 6.08. The van der Waals surface area contributed by atoms with Gasteiger partial charge in [-0.05, 0) is 47.5 Å². The first-order chi connectivity index (χ1) is 17.7. The molecule has 196 valence electrons. The molecular weight excluding hydrogens is 505 g/mol. The number of ether oxygens (including phenoxy) is 2. The Morgan fingerprint density at radius 2 is 1.59 bits per heavy atom. The number of piperazine rings is 1. The van der Waals surface area contributed by atoms with Crippen molar-refractivity contribution >= 4 is 17.5 Å². The van der Waals surface area contributed by atoms with Gasteiger partial charge in [0.2, 0.25) is 0 Å². The molecule has 0 bridgehead atoms. The van der Waals surface area contributed by atoms with Crippen LogP contribution in [0, 0.1) is 0 Å². The third-order valence-corrected chi connectivity index (χ3v) is 6.65. The number of benzene rings is 3. The quantitative estimate of drug-likeness (QED) is 0.352. The van der Waals surface area contributed by atoms with Crippen LogP contribution in [0.4, 0.5) is 13.2 Å². The molecule has 1 heterocycles. The van der Waals surface area contributed by atoms with Crippen LogP contribution in [-0.2, 0) is 17.5 Å². The molecule has 0 aliphatic carbocycles. The summed E-state index contributed by atoms with van der Waals surface area (Å²) in [6.07, 6.45) is -4.70. The molecule has 5 nitrogen and oxygen atoms in total. The van der Waals surface area contributed by atoms with Gasteiger partial charge in [0, 0.05) is 37.7 Å². The second kappa shape index (κ2) is 12.0. The summed E-state index contributed by atoms with van der Waals surface area (Å²) in [7, 11) is 1.55. The van der Waals surface area contributed by atoms with E-state index in [9.17, 15) is 18.0 Å². The molecule has 1 fully saturated rings. The molecule has 0 N–H and O–H groups in total. The van der Waals surface area contributed by atoms with Gasteiger partial charge < -0.3 is 14.4 Å². The van der Waals surface area contributed by atoms with E-state index in [0.717, 1.165) is 17.7 Å². The van der Waals surface area contributed by atoms with E-state index in [1.54, 1.807) is 31.4 Å². The Morgan fingerprint density at radius 1 is 0.946 bits per heavy atom. The highest BCUT2D eigenvalue weighted by atomic mass is 35.5. The van der Waals surface area contributed by atoms with Crippen molar-refractivity contribution in [2.24, 2.45) is 0 Å². The molecular formula is C28H28ClF3N2O3. The predicted molar refractivity (Wildman–Crippen MR) is 136 cm³/mol. The Balaban J connectivity index is 1.39. The van der Waals surface area contributed by atoms with Crippen molar-refractivity contribution in [1.29, 1.82) is 0 Å². The Bertz CT molecular complexity index is 1180. The summed E-state index contributed by atoms with van der Waals surface area (Å²) in [5.41, 5.74) is 1.42. The van der Waals surface area contributed by atoms with E-state index in [0.29, 0.717) is 54.6 Å². The number of carbonyl (C=O) groups is 1. The van der Waals surface area contributed by atoms with Crippen molar-refractivity contribution in [2.45, 2.75) is 18.9 Å². The molecule has 9 heteroatoms. The fraction of sp³-hybridized carbons (Fsp3) is 0.321. The van der Waals surface area contributed by atoms with E-state index in [4.69, 9.17) is 21.1 Å². The largest absolute Gasteiger partial charge is 0.496 e. The Labute approximate surface area is 219 Å². The summed E-state index contributed by atoms with van der Waals surface area (Å²) in [4.78, 5) is 17.1. The molecule has 37 heavy (non-hydrogen) atoms. The molecule has 1 amide bonds. The number of hydrogen-bond donors (Lipinski definition) is 0. The average Bonchev–Trinajstić information content (AvgIpc) is 2.91. The number of hydrogen-bond acceptors (Lipinski definition) is 4. The molecule has 0 aromatic heterocycles. The van der Waals surface area contributed by atoms with Crippen LogP contribution in [0.1, 0.15) is 33.2 Å². The third-order valence-electron chi connectivity index (χ3n) is 6.40. The van der Waals surface area contributed by atoms with Crippen molar-refractivity contribution in [1.82, 2.24) is 9.80 Å². The number of rotatable bonds is 8. The van der Waals surface area contributed by atoms with Crippen molar-refractivity contribution in [3.63, 3.8) is 0 Å². The standard InChI is InChI=1S/C28H28ClF3N2O3/c1-36-25-5-3-2-4-24(25)27(35)34-16-14-33(15-17-34)18-26(21-8-12-23(29)13-9-21)37-19-20-6-10-22(11-7-20)28(30,31)32/h2-13,26H,14-19H2,1H3. The Morgan fingerprint density at radius 3 is 2.22 bits per heavy atom. The highest BCUT2D eigenvalue weighted by molar-refractivity contribution is 6.30. The first-order valence-corrected chi connectivity index (χ1v) is 12.3. The minimum atomic E-state index is -4.37. The van der Waals surface area contributed by atoms with Crippen LogP contribution in [0.15, 0.2) is 72.8 Å². The molecule has 0 spiro atoms. The lowest BCUT2D eigenvalue weighted by molar-refractivity contribution is -0.137. The topological polar surface area (TPSA) is 42.0 Å². The van der Waals surface area contributed by atoms with E-state index < -0.39 is 11.7 Å². The minimum Gasteiger partial charge on any atom is -0.496 e. The molecule has 1 aliphatic rings. The third kappa shape index (κ3) is 7.03. The Kier molecular flexibility index (Phi) is 8.74. The van der Waals surface area contributed by atoms with Crippen molar-refractivity contribution < 1.29 is 27.4 Å². The van der Waals surface area contributed by atoms with Crippen LogP contribution in [0.2, 0.25) is 5.02 Å². The van der Waals surface area contributed by atoms with Gasteiger partial charge in [-0.3, -0.25) is 9.69 Å². The zero-order valence-electron chi connectivity index (χ0n) is 20.4. The van der Waals surface area contributed by atoms with E-state index >= 15 is 0 Å². The van der Waals surface area contributed by atoms with Gasteiger partial charge in [0.15, 0.2) is 0 Å². The molecule has 0 saturated carbocycles. The summed E-state index contributed by atoms with van der Waals surface area (Å²) in [5, 5.41) is 0.605. The minimum absolute atomic E-state index is 0.0649. The van der Waals surface area contributed by atoms with Crippen molar-refractivity contribution in [3.05, 3.63) is 100 Å². The van der Waals surface area contributed by atoms with E-state index in [1.807, 2.05) is 29.2 Å². The number of carbonyl (C=O) groups excluding carboxylic acids is 1. The second-order valence-corrected chi connectivity index (χ2v) is 9.28. The maximum Gasteiger partial charge on any atom is 0.416 e. The van der Waals surface area contributed by atoms with Crippen molar-refractivity contribution in [2.75, 3.05) is 39.8 Å². The lowest BCUT2D eigenvalue weighted by atomic mass is 10.1. The average molecular weight is 533 g/mol. The maximum absolute atomic E-state index is 13.0. The molecule has 1 aliphatic heterocycles. The van der Waals surface area contributed by atoms with Crippen LogP contribution in [0.25, 0.3) is 0 Å². The summed E-state index contributed by atoms with van der Waals surface area (Å²) < 4.78 is 50.2. The van der Waals surface area contributed by atoms with Gasteiger partial charge in [-0.25, -0.2) is 0 Å². The number of alkyl halides is 3. The molecule has 1 unspecified atom stereocenters. The van der Waals surface area contributed by atoms with Gasteiger partial charge in [0.25, 0.3) is 5.91 Å². The monoisotopic (exact) mass is 532 g/mol. The van der Waals surface area contributed by atoms with Gasteiger partial charge in [0.05, 0.1) is 30.9 Å². The first kappa shape index (κ1) is 27.0. The summed E-state index contributed by atoms with van der Waals surface area (Å²) in [6.45, 7) is 3.17. The van der Waals surface area contributed by atoms with Crippen LogP contribution >= 0.6 is 11.6 Å². The van der Waals surface area contributed by atoms with E-state index in [2.05, 4.69) is 4.90 Å². The number of methoxy groups -OCH3 is 1. The highest BCUT2D eigenvalue weighted by Crippen LogP contribution is 2.30. The lowest BCUT2D eigenvalue weighted by Crippen LogP contribution is -2.49. The molecule has 3 aromatic carbocycles.